The number of alkyl carbamates (subject to hydrolysis) is 1. The highest BCUT2D eigenvalue weighted by molar-refractivity contribution is 6.30. The molecule has 3 N–H and O–H groups in total. The molecule has 0 aromatic heterocycles. The Kier molecular flexibility index (Phi) is 12.9. The number of amides is 3. The summed E-state index contributed by atoms with van der Waals surface area (Å²) in [5.74, 6) is -0.0130. The van der Waals surface area contributed by atoms with E-state index in [9.17, 15) is 14.0 Å². The van der Waals surface area contributed by atoms with Crippen molar-refractivity contribution in [3.8, 4) is 0 Å². The Labute approximate surface area is 230 Å². The molecule has 214 valence electrons. The molecule has 11 heteroatoms. The van der Waals surface area contributed by atoms with Gasteiger partial charge < -0.3 is 35.1 Å². The molecule has 2 heterocycles. The fourth-order valence-electron chi connectivity index (χ4n) is 5.28. The number of carbonyl (C=O) groups is 2. The van der Waals surface area contributed by atoms with Gasteiger partial charge in [-0.3, -0.25) is 0 Å². The summed E-state index contributed by atoms with van der Waals surface area (Å²) >= 11 is 6.14. The van der Waals surface area contributed by atoms with Gasteiger partial charge in [-0.15, -0.1) is 0 Å². The lowest BCUT2D eigenvalue weighted by Crippen LogP contribution is -2.50. The highest BCUT2D eigenvalue weighted by atomic mass is 35.5. The number of urea groups is 1. The van der Waals surface area contributed by atoms with Gasteiger partial charge in [-0.2, -0.15) is 0 Å². The van der Waals surface area contributed by atoms with Gasteiger partial charge in [0.2, 0.25) is 0 Å². The van der Waals surface area contributed by atoms with Crippen LogP contribution in [-0.2, 0) is 14.2 Å². The van der Waals surface area contributed by atoms with Gasteiger partial charge in [0.1, 0.15) is 5.82 Å². The van der Waals surface area contributed by atoms with Crippen LogP contribution in [0.5, 0.6) is 0 Å². The topological polar surface area (TPSA) is 101 Å². The van der Waals surface area contributed by atoms with Crippen LogP contribution in [0.15, 0.2) is 18.2 Å². The summed E-state index contributed by atoms with van der Waals surface area (Å²) in [4.78, 5) is 26.3. The predicted octanol–water partition coefficient (Wildman–Crippen LogP) is 4.11. The Morgan fingerprint density at radius 3 is 2.82 bits per heavy atom. The number of likely N-dealkylation sites (tertiary alicyclic amines) is 1. The van der Waals surface area contributed by atoms with E-state index in [2.05, 4.69) is 20.7 Å². The van der Waals surface area contributed by atoms with Crippen LogP contribution in [0, 0.1) is 17.7 Å². The third-order valence-corrected chi connectivity index (χ3v) is 7.49. The molecule has 1 aromatic carbocycles. The lowest BCUT2D eigenvalue weighted by Gasteiger charge is -2.37. The molecular weight excluding hydrogens is 515 g/mol. The summed E-state index contributed by atoms with van der Waals surface area (Å²) in [6.45, 7) is 3.69. The van der Waals surface area contributed by atoms with Crippen molar-refractivity contribution in [2.24, 2.45) is 11.8 Å². The highest BCUT2D eigenvalue weighted by Gasteiger charge is 2.32. The van der Waals surface area contributed by atoms with Gasteiger partial charge in [0.15, 0.2) is 0 Å². The summed E-state index contributed by atoms with van der Waals surface area (Å²) in [5.41, 5.74) is 0.612. The second-order valence-corrected chi connectivity index (χ2v) is 10.5. The molecule has 4 atom stereocenters. The molecule has 0 bridgehead atoms. The fourth-order valence-corrected chi connectivity index (χ4v) is 5.51. The van der Waals surface area contributed by atoms with Gasteiger partial charge in [0, 0.05) is 56.4 Å². The van der Waals surface area contributed by atoms with Crippen LogP contribution < -0.4 is 16.0 Å². The van der Waals surface area contributed by atoms with Crippen molar-refractivity contribution in [3.63, 3.8) is 0 Å². The number of ether oxygens (including phenoxy) is 3. The fraction of sp³-hybridized carbons (Fsp3) is 0.704. The van der Waals surface area contributed by atoms with E-state index in [1.165, 1.54) is 25.7 Å². The van der Waals surface area contributed by atoms with Crippen LogP contribution in [0.25, 0.3) is 0 Å². The minimum Gasteiger partial charge on any atom is -0.453 e. The number of methoxy groups -OCH3 is 1. The SMILES string of the molecule is CN[C@@H](CNC(=O)N1CCC[C@@H](C(OCCNC(=O)OC)c2cc(F)cc(Cl)c2)C1)C[C@H]1CCCCOC1. The second kappa shape index (κ2) is 16.1. The molecule has 3 rings (SSSR count). The summed E-state index contributed by atoms with van der Waals surface area (Å²) in [7, 11) is 3.21. The van der Waals surface area contributed by atoms with Crippen molar-refractivity contribution in [2.45, 2.75) is 50.7 Å². The number of halogens is 2. The van der Waals surface area contributed by atoms with Crippen LogP contribution in [0.3, 0.4) is 0 Å². The number of piperidine rings is 1. The molecule has 2 saturated heterocycles. The van der Waals surface area contributed by atoms with Crippen molar-refractivity contribution >= 4 is 23.7 Å². The number of nitrogens with one attached hydrogen (secondary N) is 3. The van der Waals surface area contributed by atoms with Crippen molar-refractivity contribution in [1.82, 2.24) is 20.9 Å². The third-order valence-electron chi connectivity index (χ3n) is 7.27. The van der Waals surface area contributed by atoms with Crippen LogP contribution in [-0.4, -0.2) is 83.2 Å². The molecule has 3 amide bonds. The quantitative estimate of drug-likeness (QED) is 0.355. The van der Waals surface area contributed by atoms with E-state index in [0.717, 1.165) is 45.3 Å². The smallest absolute Gasteiger partial charge is 0.406 e. The van der Waals surface area contributed by atoms with E-state index in [4.69, 9.17) is 21.1 Å². The number of hydrogen-bond donors (Lipinski definition) is 3. The zero-order chi connectivity index (χ0) is 27.3. The maximum absolute atomic E-state index is 14.2. The molecule has 1 unspecified atom stereocenters. The van der Waals surface area contributed by atoms with Crippen molar-refractivity contribution in [3.05, 3.63) is 34.6 Å². The van der Waals surface area contributed by atoms with Gasteiger partial charge in [-0.25, -0.2) is 14.0 Å². The normalized spacial score (nSPS) is 21.7. The van der Waals surface area contributed by atoms with Crippen LogP contribution >= 0.6 is 11.6 Å². The first-order valence-corrected chi connectivity index (χ1v) is 13.9. The minimum absolute atomic E-state index is 0.0614. The van der Waals surface area contributed by atoms with Crippen LogP contribution in [0.2, 0.25) is 5.02 Å². The Morgan fingerprint density at radius 1 is 1.21 bits per heavy atom. The molecule has 2 aliphatic heterocycles. The lowest BCUT2D eigenvalue weighted by atomic mass is 9.88. The van der Waals surface area contributed by atoms with Crippen molar-refractivity contribution in [2.75, 3.05) is 60.2 Å². The molecule has 0 saturated carbocycles. The van der Waals surface area contributed by atoms with E-state index >= 15 is 0 Å². The van der Waals surface area contributed by atoms with E-state index in [1.54, 1.807) is 11.0 Å². The summed E-state index contributed by atoms with van der Waals surface area (Å²) in [6.07, 6.45) is 4.98. The zero-order valence-corrected chi connectivity index (χ0v) is 23.2. The van der Waals surface area contributed by atoms with Crippen LogP contribution in [0.1, 0.15) is 50.2 Å². The molecule has 38 heavy (non-hydrogen) atoms. The van der Waals surface area contributed by atoms with Crippen LogP contribution in [0.4, 0.5) is 14.0 Å². The van der Waals surface area contributed by atoms with Gasteiger partial charge >= 0.3 is 12.1 Å². The predicted molar refractivity (Wildman–Crippen MR) is 144 cm³/mol. The first-order chi connectivity index (χ1) is 18.4. The Hall–Kier alpha value is -2.14. The van der Waals surface area contributed by atoms with E-state index in [-0.39, 0.29) is 36.2 Å². The molecule has 1 aromatic rings. The highest BCUT2D eigenvalue weighted by Crippen LogP contribution is 2.34. The Bertz CT molecular complexity index is 867. The lowest BCUT2D eigenvalue weighted by molar-refractivity contribution is -0.00865. The van der Waals surface area contributed by atoms with Gasteiger partial charge in [0.05, 0.1) is 19.8 Å². The summed E-state index contributed by atoms with van der Waals surface area (Å²) < 4.78 is 30.6. The number of rotatable bonds is 11. The monoisotopic (exact) mass is 556 g/mol. The van der Waals surface area contributed by atoms with E-state index in [1.807, 2.05) is 7.05 Å². The maximum Gasteiger partial charge on any atom is 0.406 e. The summed E-state index contributed by atoms with van der Waals surface area (Å²) in [5, 5.41) is 9.29. The van der Waals surface area contributed by atoms with E-state index in [0.29, 0.717) is 31.1 Å². The number of likely N-dealkylation sites (N-methyl/N-ethyl adjacent to an activating group) is 1. The van der Waals surface area contributed by atoms with Gasteiger partial charge in [0.25, 0.3) is 0 Å². The number of carbonyl (C=O) groups excluding carboxylic acids is 2. The molecule has 9 nitrogen and oxygen atoms in total. The molecular formula is C27H42ClFN4O5. The number of hydrogen-bond acceptors (Lipinski definition) is 6. The van der Waals surface area contributed by atoms with Crippen molar-refractivity contribution in [1.29, 1.82) is 0 Å². The first-order valence-electron chi connectivity index (χ1n) is 13.6. The van der Waals surface area contributed by atoms with E-state index < -0.39 is 18.0 Å². The second-order valence-electron chi connectivity index (χ2n) is 10.1. The molecule has 0 spiro atoms. The average Bonchev–Trinajstić information content (AvgIpc) is 3.18. The Balaban J connectivity index is 1.59. The van der Waals surface area contributed by atoms with Gasteiger partial charge in [-0.05, 0) is 68.8 Å². The largest absolute Gasteiger partial charge is 0.453 e. The number of nitrogens with zero attached hydrogens (tertiary/aromatic N) is 1. The van der Waals surface area contributed by atoms with Crippen molar-refractivity contribution < 1.29 is 28.2 Å². The third kappa shape index (κ3) is 9.87. The molecule has 2 fully saturated rings. The summed E-state index contributed by atoms with van der Waals surface area (Å²) in [6, 6.07) is 4.41. The first kappa shape index (κ1) is 30.4. The number of benzene rings is 1. The Morgan fingerprint density at radius 2 is 2.05 bits per heavy atom. The zero-order valence-electron chi connectivity index (χ0n) is 22.5. The average molecular weight is 557 g/mol. The molecule has 0 aliphatic carbocycles. The van der Waals surface area contributed by atoms with Gasteiger partial charge in [-0.1, -0.05) is 18.0 Å². The standard InChI is InChI=1S/C27H42ClFN4O5/c1-30-24(12-19-6-3-4-10-37-18-19)16-32-26(34)33-9-5-7-20(17-33)25(38-11-8-31-27(35)36-2)21-13-22(28)15-23(29)14-21/h13-15,19-20,24-25,30H,3-12,16-18H2,1-2H3,(H,31,35)(H,32,34)/t19-,20-,24-,25?/m1/s1. The maximum atomic E-state index is 14.2. The molecule has 0 radical (unpaired) electrons. The minimum atomic E-state index is -0.550. The molecule has 2 aliphatic rings.